The number of carbonyl (C=O) groups excluding carboxylic acids is 1. The number of aliphatic hydroxyl groups excluding tert-OH is 3. The molecule has 4 aliphatic rings. The molecule has 0 aliphatic carbocycles. The first-order chi connectivity index (χ1) is 68.4. The van der Waals surface area contributed by atoms with Crippen LogP contribution in [0.25, 0.3) is 84.3 Å². The van der Waals surface area contributed by atoms with Crippen LogP contribution in [0.15, 0.2) is 236 Å². The summed E-state index contributed by atoms with van der Waals surface area (Å²) in [5.74, 6) is -0.589. The highest BCUT2D eigenvalue weighted by molar-refractivity contribution is 7.71. The Morgan fingerprint density at radius 1 is 0.359 bits per heavy atom. The lowest BCUT2D eigenvalue weighted by atomic mass is 10.1. The Hall–Kier alpha value is -15.9. The van der Waals surface area contributed by atoms with E-state index in [0.717, 1.165) is 153 Å². The van der Waals surface area contributed by atoms with Gasteiger partial charge >= 0.3 is 5.69 Å². The van der Waals surface area contributed by atoms with Gasteiger partial charge < -0.3 is 79.8 Å². The molecule has 3 atom stereocenters. The predicted molar refractivity (Wildman–Crippen MR) is 564 cm³/mol. The van der Waals surface area contributed by atoms with Crippen molar-refractivity contribution in [2.24, 2.45) is 0 Å². The number of benzene rings is 12. The summed E-state index contributed by atoms with van der Waals surface area (Å²) >= 11 is 5.13. The molecule has 4 saturated heterocycles. The van der Waals surface area contributed by atoms with Gasteiger partial charge in [-0.3, -0.25) is 14.5 Å². The number of rotatable bonds is 22. The Kier molecular flexibility index (Phi) is 35.8. The van der Waals surface area contributed by atoms with E-state index < -0.39 is 17.5 Å². The summed E-state index contributed by atoms with van der Waals surface area (Å²) in [4.78, 5) is 31.7. The Labute approximate surface area is 828 Å². The van der Waals surface area contributed by atoms with Crippen molar-refractivity contribution >= 4 is 114 Å². The molecule has 0 saturated carbocycles. The largest absolute Gasteiger partial charge is 0.505 e. The van der Waals surface area contributed by atoms with Crippen molar-refractivity contribution in [3.63, 3.8) is 0 Å². The van der Waals surface area contributed by atoms with Crippen molar-refractivity contribution < 1.29 is 78.1 Å². The summed E-state index contributed by atoms with van der Waals surface area (Å²) in [7, 11) is 4.65. The normalized spacial score (nSPS) is 15.1. The first-order valence-electron chi connectivity index (χ1n) is 46.5. The van der Waals surface area contributed by atoms with Gasteiger partial charge in [0.05, 0.1) is 51.9 Å². The van der Waals surface area contributed by atoms with Crippen molar-refractivity contribution in [1.82, 2.24) is 29.5 Å². The van der Waals surface area contributed by atoms with Crippen LogP contribution in [0.2, 0.25) is 0 Å². The number of aromatic nitrogens is 6. The Morgan fingerprint density at radius 2 is 0.655 bits per heavy atom. The van der Waals surface area contributed by atoms with E-state index in [4.69, 9.17) is 26.4 Å². The highest BCUT2D eigenvalue weighted by atomic mass is 32.1. The van der Waals surface area contributed by atoms with E-state index in [1.165, 1.54) is 29.1 Å². The predicted octanol–water partition coefficient (Wildman–Crippen LogP) is 22.0. The molecule has 0 bridgehead atoms. The van der Waals surface area contributed by atoms with Crippen LogP contribution in [0.4, 0.5) is 35.9 Å². The lowest BCUT2D eigenvalue weighted by Gasteiger charge is -2.25. The van der Waals surface area contributed by atoms with Crippen LogP contribution in [0.5, 0.6) is 51.7 Å². The highest BCUT2D eigenvalue weighted by Gasteiger charge is 2.26. The molecule has 4 fully saturated rings. The molecule has 734 valence electrons. The molecule has 2 aromatic heterocycles. The number of aromatic hydroxyl groups is 6. The number of amides is 1. The summed E-state index contributed by atoms with van der Waals surface area (Å²) in [6, 6.07) is 68.2. The van der Waals surface area contributed by atoms with Gasteiger partial charge in [-0.1, -0.05) is 146 Å². The van der Waals surface area contributed by atoms with Crippen molar-refractivity contribution in [3.8, 4) is 63.1 Å². The van der Waals surface area contributed by atoms with Crippen LogP contribution < -0.4 is 39.5 Å². The van der Waals surface area contributed by atoms with Crippen molar-refractivity contribution in [3.05, 3.63) is 364 Å². The number of methoxy groups -OCH3 is 3. The maximum atomic E-state index is 13.5. The molecule has 3 unspecified atom stereocenters. The van der Waals surface area contributed by atoms with E-state index in [-0.39, 0.29) is 71.0 Å². The van der Waals surface area contributed by atoms with Crippen LogP contribution in [-0.2, 0) is 4.79 Å². The van der Waals surface area contributed by atoms with Gasteiger partial charge in [0.15, 0.2) is 74.0 Å². The minimum atomic E-state index is -0.640. The minimum Gasteiger partial charge on any atom is -0.505 e. The third-order valence-electron chi connectivity index (χ3n) is 24.5. The molecule has 142 heavy (non-hydrogen) atoms. The number of phenolic OH excluding ortho intramolecular Hbond substituents is 6. The second-order valence-corrected chi connectivity index (χ2v) is 35.3. The minimum absolute atomic E-state index is 0.175. The topological polar surface area (TPSA) is 324 Å². The van der Waals surface area contributed by atoms with Gasteiger partial charge in [0.1, 0.15) is 12.7 Å². The smallest absolute Gasteiger partial charge is 0.347 e. The number of β-amino-alcohol motifs (C(OH)–C–C–N with tert-alkyl or cyclic N) is 2. The van der Waals surface area contributed by atoms with E-state index in [1.54, 1.807) is 102 Å². The van der Waals surface area contributed by atoms with Crippen LogP contribution in [0, 0.1) is 63.8 Å². The number of phenols is 6. The molecule has 12 aromatic carbocycles. The number of nitrogens with one attached hydrogen (secondary N) is 2. The maximum Gasteiger partial charge on any atom is 0.347 e. The zero-order valence-corrected chi connectivity index (χ0v) is 81.3. The van der Waals surface area contributed by atoms with Crippen molar-refractivity contribution in [2.75, 3.05) is 86.8 Å². The zero-order chi connectivity index (χ0) is 101. The molecule has 0 radical (unpaired) electrons. The molecule has 14 aromatic rings. The van der Waals surface area contributed by atoms with E-state index in [2.05, 4.69) is 83.6 Å². The number of ether oxygens (including phenoxy) is 3. The third kappa shape index (κ3) is 27.8. The van der Waals surface area contributed by atoms with Gasteiger partial charge in [-0.15, -0.1) is 0 Å². The molecular weight excluding hydrogens is 1820 g/mol. The number of hydrogen-bond acceptors (Lipinski definition) is 20. The molecule has 28 heteroatoms. The van der Waals surface area contributed by atoms with Crippen molar-refractivity contribution in [2.45, 2.75) is 98.3 Å². The fraction of sp³-hybridized carbons (Fsp3) is 0.219. The zero-order valence-electron chi connectivity index (χ0n) is 80.5. The number of aromatic amines is 2. The number of nitrogens with zero attached hydrogens (tertiary/aromatic N) is 8. The first-order valence-corrected chi connectivity index (χ1v) is 46.9. The number of halogens is 3. The number of aryl methyl sites for hydroxylation is 6. The fourth-order valence-electron chi connectivity index (χ4n) is 16.5. The summed E-state index contributed by atoms with van der Waals surface area (Å²) < 4.78 is 59.8. The Balaban J connectivity index is 0.000000143. The van der Waals surface area contributed by atoms with Gasteiger partial charge in [0.25, 0.3) is 0 Å². The number of anilines is 4. The van der Waals surface area contributed by atoms with Crippen LogP contribution in [0.3, 0.4) is 0 Å². The number of carbonyl (C=O) groups is 1. The van der Waals surface area contributed by atoms with E-state index in [0.29, 0.717) is 80.6 Å². The molecule has 24 nitrogen and oxygen atoms in total. The van der Waals surface area contributed by atoms with Crippen molar-refractivity contribution in [1.29, 1.82) is 0 Å². The SMILES string of the molecule is COc1cc(/C=C/c2ccc(N3CCC(O)C3)cc2)cc(C)c1O.COc1cc(/C=C/c2ccc(N3CCCC3=O)cc2)cc(C)c1O.COc1cc(/C=C/c2ccc(N3CCCC3CO)cc2)cc(C)c1O.Cc1cc(/C=C/c2ccc(-n3cn[nH]c3=O)cc2)cc(F)c1O.Cc1cc(/C=C/c2ccc(-n3cn[nH]c3=S)cc2)cc(F)c1O.Cc1cc(/C=C/c2ccc(N3CCC(O)C3)cc2)cc(F)c1O. The Morgan fingerprint density at radius 3 is 0.937 bits per heavy atom. The molecule has 1 amide bonds. The first kappa shape index (κ1) is 103. The average molecular weight is 1940 g/mol. The van der Waals surface area contributed by atoms with Gasteiger partial charge in [-0.2, -0.15) is 10.2 Å². The van der Waals surface area contributed by atoms with E-state index in [1.807, 2.05) is 202 Å². The number of aliphatic hydroxyl groups is 3. The van der Waals surface area contributed by atoms with Crippen LogP contribution >= 0.6 is 12.2 Å². The summed E-state index contributed by atoms with van der Waals surface area (Å²) in [5, 5.41) is 99.3. The summed E-state index contributed by atoms with van der Waals surface area (Å²) in [6.07, 6.45) is 31.1. The average Bonchev–Trinajstić information content (AvgIpc) is 1.06. The molecule has 4 aliphatic heterocycles. The second-order valence-electron chi connectivity index (χ2n) is 34.9. The number of H-pyrrole nitrogens is 2. The van der Waals surface area contributed by atoms with Gasteiger partial charge in [0.2, 0.25) is 5.91 Å². The quantitative estimate of drug-likeness (QED) is 0.0222. The third-order valence-corrected chi connectivity index (χ3v) is 24.8. The molecule has 0 spiro atoms. The van der Waals surface area contributed by atoms with Gasteiger partial charge in [0, 0.05) is 74.1 Å². The van der Waals surface area contributed by atoms with Crippen LogP contribution in [0.1, 0.15) is 139 Å². The van der Waals surface area contributed by atoms with E-state index >= 15 is 0 Å². The van der Waals surface area contributed by atoms with E-state index in [9.17, 15) is 68.7 Å². The molecule has 11 N–H and O–H groups in total. The van der Waals surface area contributed by atoms with Gasteiger partial charge in [-0.05, 0) is 332 Å². The number of hydrogen-bond donors (Lipinski definition) is 11. The molecule has 18 rings (SSSR count). The van der Waals surface area contributed by atoms with Crippen LogP contribution in [-0.4, -0.2) is 167 Å². The maximum absolute atomic E-state index is 13.5. The molecule has 6 heterocycles. The van der Waals surface area contributed by atoms with Gasteiger partial charge in [-0.25, -0.2) is 27.6 Å². The standard InChI is InChI=1S/C21H25NO3.C20H23NO3.C20H21NO3.C19H20FNO2.C17H14FN3O2.C17H14FN3OS/c1-15-12-17(13-20(25-2)21(15)24)6-5-16-7-9-18(10-8-16)22-11-3-4-19(22)14-23;1-14-11-16(12-19(24-2)20(14)23)4-3-15-5-7-17(8-6-15)21-10-9-18(22)13-21;1-14-12-16(13-18(24-2)20(14)23)6-5-15-7-9-17(10-8-15)21-11-3-4-19(21)22;1-13-10-15(11-18(20)19(13)23)3-2-14-4-6-16(7-5-14)21-9-8-17(22)12-21;2*1-11-8-13(9-15(18)16(11)22)3-2-12-4-6-14(7-5-12)21-10-19-20-17(21)23/h5-10,12-13,19,23-24H,3-4,11,14H2,1-2H3;3-8,11-12,18,22-23H,9-10,13H2,1-2H3;5-10,12-13,23H,3-4,11H2,1-2H3;2-7,10-11,17,22-23H,8-9,12H2,1H3;2*2-10,22H,1H3,(H,20,23)/b6-5+;4-3+;6-5+;3*3-2+. The highest BCUT2D eigenvalue weighted by Crippen LogP contribution is 2.37. The Bertz CT molecular complexity index is 6770. The molecular formula is C114H117F3N10O14S. The summed E-state index contributed by atoms with van der Waals surface area (Å²) in [6.45, 7) is 15.7. The fourth-order valence-corrected chi connectivity index (χ4v) is 16.7. The lowest BCUT2D eigenvalue weighted by Crippen LogP contribution is -2.31. The second kappa shape index (κ2) is 49.1. The monoisotopic (exact) mass is 1940 g/mol. The lowest BCUT2D eigenvalue weighted by molar-refractivity contribution is -0.117. The summed E-state index contributed by atoms with van der Waals surface area (Å²) in [5.41, 5.74) is 20.7.